The van der Waals surface area contributed by atoms with Crippen LogP contribution in [0.1, 0.15) is 60.9 Å². The van der Waals surface area contributed by atoms with Crippen LogP contribution in [0.5, 0.6) is 11.5 Å². The Hall–Kier alpha value is -2.30. The lowest BCUT2D eigenvalue weighted by Crippen LogP contribution is -2.23. The molecule has 3 rings (SSSR count). The number of phenolic OH excluding ortho intramolecular Hbond substituents is 1. The Morgan fingerprint density at radius 1 is 1.28 bits per heavy atom. The van der Waals surface area contributed by atoms with Gasteiger partial charge in [-0.25, -0.2) is 0 Å². The molecule has 0 saturated carbocycles. The molecule has 1 heterocycles. The Kier molecular flexibility index (Phi) is 9.66. The minimum Gasteiger partial charge on any atom is -0.508 e. The van der Waals surface area contributed by atoms with Crippen LogP contribution in [0, 0.1) is 13.8 Å². The summed E-state index contributed by atoms with van der Waals surface area (Å²) in [4.78, 5) is 0. The number of ether oxygens (including phenoxy) is 1. The average molecular weight is 531 g/mol. The lowest BCUT2D eigenvalue weighted by Gasteiger charge is -2.30. The molecule has 2 aromatic carbocycles. The summed E-state index contributed by atoms with van der Waals surface area (Å²) in [5, 5.41) is 10.8. The lowest BCUT2D eigenvalue weighted by atomic mass is 9.93. The summed E-state index contributed by atoms with van der Waals surface area (Å²) in [5.41, 5.74) is 6.14. The predicted molar refractivity (Wildman–Crippen MR) is 147 cm³/mol. The topological polar surface area (TPSA) is 65.0 Å². The van der Waals surface area contributed by atoms with E-state index in [1.807, 2.05) is 32.0 Å². The predicted octanol–water partition coefficient (Wildman–Crippen LogP) is 8.31. The van der Waals surface area contributed by atoms with Crippen LogP contribution in [0.15, 0.2) is 65.7 Å². The van der Waals surface area contributed by atoms with E-state index < -0.39 is 13.7 Å². The standard InChI is InChI=1S/C29H36ClO5P/c1-19(2)26-16-24(10-11-28(26)31)17-27-21(4)14-25(15-22(27)5)33-18-36(32)34-13-12-29(35-36)20(3)8-7-9-23(6)30/h7-11,14-16,19,29,31H,3,12-13,17-18H2,1-2,4-6H3/b8-7-,23-9+/t29-,36+/m0/s1. The van der Waals surface area contributed by atoms with Gasteiger partial charge in [-0.2, -0.15) is 0 Å². The van der Waals surface area contributed by atoms with E-state index in [0.29, 0.717) is 35.1 Å². The van der Waals surface area contributed by atoms with Gasteiger partial charge >= 0.3 is 7.60 Å². The van der Waals surface area contributed by atoms with Gasteiger partial charge < -0.3 is 14.4 Å². The summed E-state index contributed by atoms with van der Waals surface area (Å²) in [6.07, 6.45) is 6.10. The van der Waals surface area contributed by atoms with Crippen LogP contribution in [-0.4, -0.2) is 24.2 Å². The van der Waals surface area contributed by atoms with Gasteiger partial charge in [-0.3, -0.25) is 9.09 Å². The Morgan fingerprint density at radius 3 is 2.61 bits per heavy atom. The second kappa shape index (κ2) is 12.3. The van der Waals surface area contributed by atoms with Crippen molar-refractivity contribution in [2.45, 2.75) is 59.5 Å². The molecule has 1 aliphatic heterocycles. The zero-order valence-corrected chi connectivity index (χ0v) is 23.4. The van der Waals surface area contributed by atoms with E-state index >= 15 is 0 Å². The van der Waals surface area contributed by atoms with Crippen molar-refractivity contribution in [3.05, 3.63) is 93.6 Å². The minimum atomic E-state index is -3.44. The first-order valence-corrected chi connectivity index (χ1v) is 14.2. The zero-order valence-electron chi connectivity index (χ0n) is 21.7. The molecule has 2 aromatic rings. The quantitative estimate of drug-likeness (QED) is 0.261. The van der Waals surface area contributed by atoms with Crippen molar-refractivity contribution >= 4 is 19.2 Å². The molecule has 1 N–H and O–H groups in total. The van der Waals surface area contributed by atoms with Gasteiger partial charge in [0.2, 0.25) is 0 Å². The maximum absolute atomic E-state index is 13.2. The maximum atomic E-state index is 13.2. The first-order valence-electron chi connectivity index (χ1n) is 12.1. The van der Waals surface area contributed by atoms with E-state index in [2.05, 4.69) is 26.5 Å². The highest BCUT2D eigenvalue weighted by atomic mass is 35.5. The van der Waals surface area contributed by atoms with Gasteiger partial charge in [-0.1, -0.05) is 56.3 Å². The van der Waals surface area contributed by atoms with Crippen LogP contribution in [0.3, 0.4) is 0 Å². The molecule has 0 unspecified atom stereocenters. The molecule has 0 amide bonds. The van der Waals surface area contributed by atoms with E-state index in [9.17, 15) is 9.67 Å². The number of allylic oxidation sites excluding steroid dienone is 3. The van der Waals surface area contributed by atoms with Gasteiger partial charge in [-0.15, -0.1) is 0 Å². The number of benzene rings is 2. The molecule has 36 heavy (non-hydrogen) atoms. The van der Waals surface area contributed by atoms with Crippen LogP contribution < -0.4 is 4.74 Å². The highest BCUT2D eigenvalue weighted by molar-refractivity contribution is 7.53. The van der Waals surface area contributed by atoms with E-state index in [0.717, 1.165) is 28.7 Å². The Labute approximate surface area is 220 Å². The summed E-state index contributed by atoms with van der Waals surface area (Å²) in [7, 11) is -3.44. The Balaban J connectivity index is 1.67. The third kappa shape index (κ3) is 7.60. The van der Waals surface area contributed by atoms with Crippen molar-refractivity contribution in [2.24, 2.45) is 0 Å². The number of hydrogen-bond acceptors (Lipinski definition) is 5. The molecule has 0 aliphatic carbocycles. The van der Waals surface area contributed by atoms with Gasteiger partial charge in [-0.05, 0) is 90.8 Å². The number of aryl methyl sites for hydroxylation is 2. The molecule has 194 valence electrons. The van der Waals surface area contributed by atoms with Crippen molar-refractivity contribution in [1.29, 1.82) is 0 Å². The van der Waals surface area contributed by atoms with Crippen molar-refractivity contribution in [1.82, 2.24) is 0 Å². The highest BCUT2D eigenvalue weighted by Crippen LogP contribution is 2.53. The van der Waals surface area contributed by atoms with Crippen LogP contribution in [-0.2, 0) is 20.0 Å². The molecule has 2 atom stereocenters. The van der Waals surface area contributed by atoms with Gasteiger partial charge in [0.05, 0.1) is 12.7 Å². The lowest BCUT2D eigenvalue weighted by molar-refractivity contribution is 0.0933. The van der Waals surface area contributed by atoms with Crippen LogP contribution in [0.4, 0.5) is 0 Å². The van der Waals surface area contributed by atoms with Crippen LogP contribution in [0.25, 0.3) is 0 Å². The number of rotatable bonds is 9. The normalized spacial score (nSPS) is 20.8. The highest BCUT2D eigenvalue weighted by Gasteiger charge is 2.35. The molecule has 0 bridgehead atoms. The van der Waals surface area contributed by atoms with E-state index in [-0.39, 0.29) is 12.3 Å². The van der Waals surface area contributed by atoms with E-state index in [1.54, 1.807) is 31.2 Å². The fraction of sp³-hybridized carbons (Fsp3) is 0.379. The number of aromatic hydroxyl groups is 1. The molecular formula is C29H36ClO5P. The third-order valence-electron chi connectivity index (χ3n) is 6.16. The summed E-state index contributed by atoms with van der Waals surface area (Å²) in [5.74, 6) is 1.19. The summed E-state index contributed by atoms with van der Waals surface area (Å²) in [6, 6.07) is 9.69. The second-order valence-electron chi connectivity index (χ2n) is 9.55. The SMILES string of the molecule is C=C(/C=C\C=C(/C)Cl)[C@@H]1CCO[P@](=O)(COc2cc(C)c(Cc3ccc(O)c(C(C)C)c3)c(C)c2)O1. The smallest absolute Gasteiger partial charge is 0.368 e. The number of halogens is 1. The first kappa shape index (κ1) is 28.3. The molecule has 5 nitrogen and oxygen atoms in total. The molecular weight excluding hydrogens is 495 g/mol. The molecule has 1 aliphatic rings. The Bertz CT molecular complexity index is 1190. The molecule has 0 spiro atoms. The maximum Gasteiger partial charge on any atom is 0.368 e. The van der Waals surface area contributed by atoms with Gasteiger partial charge in [0, 0.05) is 11.5 Å². The van der Waals surface area contributed by atoms with Gasteiger partial charge in [0.1, 0.15) is 11.5 Å². The van der Waals surface area contributed by atoms with E-state index in [4.69, 9.17) is 25.4 Å². The van der Waals surface area contributed by atoms with Gasteiger partial charge in [0.25, 0.3) is 0 Å². The monoisotopic (exact) mass is 530 g/mol. The van der Waals surface area contributed by atoms with Crippen molar-refractivity contribution in [2.75, 3.05) is 13.0 Å². The fourth-order valence-electron chi connectivity index (χ4n) is 4.16. The third-order valence-corrected chi connectivity index (χ3v) is 7.88. The number of hydrogen-bond donors (Lipinski definition) is 1. The second-order valence-corrected chi connectivity index (χ2v) is 12.1. The number of phenols is 1. The van der Waals surface area contributed by atoms with Crippen molar-refractivity contribution in [3.63, 3.8) is 0 Å². The summed E-state index contributed by atoms with van der Waals surface area (Å²) >= 11 is 5.85. The largest absolute Gasteiger partial charge is 0.508 e. The minimum absolute atomic E-state index is 0.172. The molecule has 7 heteroatoms. The molecule has 0 aromatic heterocycles. The molecule has 0 radical (unpaired) electrons. The van der Waals surface area contributed by atoms with Crippen LogP contribution >= 0.6 is 19.2 Å². The van der Waals surface area contributed by atoms with E-state index in [1.165, 1.54) is 5.56 Å². The molecule has 1 fully saturated rings. The van der Waals surface area contributed by atoms with Crippen molar-refractivity contribution in [3.8, 4) is 11.5 Å². The first-order chi connectivity index (χ1) is 17.0. The summed E-state index contributed by atoms with van der Waals surface area (Å²) < 4.78 is 30.4. The molecule has 1 saturated heterocycles. The fourth-order valence-corrected chi connectivity index (χ4v) is 5.75. The summed E-state index contributed by atoms with van der Waals surface area (Å²) in [6.45, 7) is 14.4. The van der Waals surface area contributed by atoms with Crippen LogP contribution in [0.2, 0.25) is 0 Å². The zero-order chi connectivity index (χ0) is 26.5. The van der Waals surface area contributed by atoms with Gasteiger partial charge in [0.15, 0.2) is 6.35 Å². The van der Waals surface area contributed by atoms with Crippen molar-refractivity contribution < 1.29 is 23.5 Å². The average Bonchev–Trinajstić information content (AvgIpc) is 2.80. The Morgan fingerprint density at radius 2 is 1.97 bits per heavy atom.